The van der Waals surface area contributed by atoms with Gasteiger partial charge in [0.05, 0.1) is 0 Å². The summed E-state index contributed by atoms with van der Waals surface area (Å²) in [5.41, 5.74) is 3.31. The molecule has 0 atom stereocenters. The summed E-state index contributed by atoms with van der Waals surface area (Å²) in [6.45, 7) is 12.6. The fraction of sp³-hybridized carbons (Fsp3) is 0.467. The van der Waals surface area contributed by atoms with E-state index >= 15 is 0 Å². The Morgan fingerprint density at radius 3 is 2.38 bits per heavy atom. The van der Waals surface area contributed by atoms with Crippen molar-refractivity contribution in [1.82, 2.24) is 5.32 Å². The lowest BCUT2D eigenvalue weighted by atomic mass is 9.94. The zero-order chi connectivity index (χ0) is 11.8. The number of nitrogens with one attached hydrogen (secondary N) is 1. The molecular weight excluding hydrogens is 194 g/mol. The Morgan fingerprint density at radius 2 is 1.75 bits per heavy atom. The van der Waals surface area contributed by atoms with Gasteiger partial charge in [-0.2, -0.15) is 0 Å². The van der Waals surface area contributed by atoms with Gasteiger partial charge >= 0.3 is 0 Å². The molecule has 0 aromatic carbocycles. The molecule has 0 amide bonds. The molecule has 0 heterocycles. The molecule has 16 heavy (non-hydrogen) atoms. The van der Waals surface area contributed by atoms with Crippen LogP contribution in [0.15, 0.2) is 48.7 Å². The molecule has 0 unspecified atom stereocenters. The van der Waals surface area contributed by atoms with E-state index in [1.54, 1.807) is 0 Å². The number of allylic oxidation sites excluding steroid dienone is 3. The van der Waals surface area contributed by atoms with Crippen LogP contribution in [0.25, 0.3) is 0 Å². The second-order valence-electron chi connectivity index (χ2n) is 4.33. The largest absolute Gasteiger partial charge is 0.385 e. The van der Waals surface area contributed by atoms with Crippen LogP contribution in [0.1, 0.15) is 38.5 Å². The summed E-state index contributed by atoms with van der Waals surface area (Å²) in [6, 6.07) is 0. The van der Waals surface area contributed by atoms with Crippen LogP contribution < -0.4 is 5.32 Å². The summed E-state index contributed by atoms with van der Waals surface area (Å²) in [5.74, 6) is 0. The molecule has 88 valence electrons. The van der Waals surface area contributed by atoms with Gasteiger partial charge in [-0.15, -0.1) is 6.58 Å². The van der Waals surface area contributed by atoms with Crippen LogP contribution in [-0.4, -0.2) is 6.54 Å². The van der Waals surface area contributed by atoms with E-state index in [2.05, 4.69) is 31.1 Å². The van der Waals surface area contributed by atoms with Gasteiger partial charge in [-0.1, -0.05) is 38.5 Å². The molecule has 0 saturated carbocycles. The molecular formula is C15H23N. The average Bonchev–Trinajstić information content (AvgIpc) is 2.30. The molecule has 0 saturated heterocycles. The highest BCUT2D eigenvalue weighted by Gasteiger charge is 2.13. The minimum Gasteiger partial charge on any atom is -0.385 e. The van der Waals surface area contributed by atoms with E-state index in [1.807, 2.05) is 6.08 Å². The summed E-state index contributed by atoms with van der Waals surface area (Å²) >= 11 is 0. The number of hydrogen-bond acceptors (Lipinski definition) is 1. The van der Waals surface area contributed by atoms with Crippen LogP contribution in [0, 0.1) is 0 Å². The molecule has 1 rings (SSSR count). The first-order chi connectivity index (χ1) is 7.75. The first kappa shape index (κ1) is 12.8. The first-order valence-electron chi connectivity index (χ1n) is 6.20. The number of unbranched alkanes of at least 4 members (excludes halogenated alkanes) is 5. The second kappa shape index (κ2) is 7.10. The van der Waals surface area contributed by atoms with Gasteiger partial charge in [0, 0.05) is 12.2 Å². The Morgan fingerprint density at radius 1 is 1.06 bits per heavy atom. The minimum absolute atomic E-state index is 1.06. The standard InChI is InChI=1S/C15H23N/c1-4-5-6-7-8-9-10-11-16-15-12-13(2)14(15)3/h4,12,16H,1-3,5-11H2. The van der Waals surface area contributed by atoms with Gasteiger partial charge in [0.25, 0.3) is 0 Å². The predicted octanol–water partition coefficient (Wildman–Crippen LogP) is 4.11. The third kappa shape index (κ3) is 4.09. The van der Waals surface area contributed by atoms with Gasteiger partial charge < -0.3 is 5.32 Å². The van der Waals surface area contributed by atoms with Crippen molar-refractivity contribution in [3.05, 3.63) is 48.7 Å². The van der Waals surface area contributed by atoms with Crippen molar-refractivity contribution >= 4 is 0 Å². The van der Waals surface area contributed by atoms with Gasteiger partial charge in [0.2, 0.25) is 0 Å². The molecule has 1 nitrogen and oxygen atoms in total. The van der Waals surface area contributed by atoms with E-state index in [0.29, 0.717) is 0 Å². The average molecular weight is 217 g/mol. The van der Waals surface area contributed by atoms with Crippen LogP contribution in [0.2, 0.25) is 0 Å². The van der Waals surface area contributed by atoms with Crippen molar-refractivity contribution in [3.63, 3.8) is 0 Å². The molecule has 1 aliphatic rings. The Kier molecular flexibility index (Phi) is 5.69. The maximum atomic E-state index is 3.93. The van der Waals surface area contributed by atoms with Crippen LogP contribution >= 0.6 is 0 Å². The molecule has 0 aliphatic heterocycles. The zero-order valence-corrected chi connectivity index (χ0v) is 10.2. The lowest BCUT2D eigenvalue weighted by Gasteiger charge is -2.22. The van der Waals surface area contributed by atoms with Crippen molar-refractivity contribution in [1.29, 1.82) is 0 Å². The Bertz CT molecular complexity index is 297. The van der Waals surface area contributed by atoms with Gasteiger partial charge in [0.15, 0.2) is 0 Å². The van der Waals surface area contributed by atoms with E-state index in [-0.39, 0.29) is 0 Å². The van der Waals surface area contributed by atoms with Gasteiger partial charge in [-0.3, -0.25) is 0 Å². The van der Waals surface area contributed by atoms with Gasteiger partial charge in [0.1, 0.15) is 0 Å². The van der Waals surface area contributed by atoms with Crippen LogP contribution in [0.3, 0.4) is 0 Å². The molecule has 0 spiro atoms. The molecule has 1 aliphatic carbocycles. The van der Waals surface area contributed by atoms with E-state index in [9.17, 15) is 0 Å². The molecule has 0 aromatic heterocycles. The number of rotatable bonds is 9. The predicted molar refractivity (Wildman–Crippen MR) is 72.3 cm³/mol. The van der Waals surface area contributed by atoms with Crippen molar-refractivity contribution in [3.8, 4) is 0 Å². The molecule has 0 radical (unpaired) electrons. The highest BCUT2D eigenvalue weighted by molar-refractivity contribution is 5.59. The van der Waals surface area contributed by atoms with Crippen molar-refractivity contribution in [2.45, 2.75) is 38.5 Å². The third-order valence-electron chi connectivity index (χ3n) is 2.93. The summed E-state index contributed by atoms with van der Waals surface area (Å²) < 4.78 is 0. The lowest BCUT2D eigenvalue weighted by Crippen LogP contribution is -2.21. The zero-order valence-electron chi connectivity index (χ0n) is 10.2. The highest BCUT2D eigenvalue weighted by atomic mass is 14.9. The summed E-state index contributed by atoms with van der Waals surface area (Å²) in [6.07, 6.45) is 11.7. The van der Waals surface area contributed by atoms with E-state index in [0.717, 1.165) is 24.1 Å². The fourth-order valence-corrected chi connectivity index (χ4v) is 1.77. The summed E-state index contributed by atoms with van der Waals surface area (Å²) in [5, 5.41) is 3.39. The summed E-state index contributed by atoms with van der Waals surface area (Å²) in [7, 11) is 0. The maximum absolute atomic E-state index is 3.93. The molecule has 1 N–H and O–H groups in total. The normalized spacial score (nSPS) is 14.4. The molecule has 1 heteroatoms. The fourth-order valence-electron chi connectivity index (χ4n) is 1.77. The Balaban J connectivity index is 1.89. The maximum Gasteiger partial charge on any atom is 0.0419 e. The molecule has 0 fully saturated rings. The highest BCUT2D eigenvalue weighted by Crippen LogP contribution is 2.26. The van der Waals surface area contributed by atoms with Gasteiger partial charge in [-0.05, 0) is 36.5 Å². The lowest BCUT2D eigenvalue weighted by molar-refractivity contribution is 0.601. The number of hydrogen-bond donors (Lipinski definition) is 1. The third-order valence-corrected chi connectivity index (χ3v) is 2.93. The van der Waals surface area contributed by atoms with E-state index < -0.39 is 0 Å². The Hall–Kier alpha value is -1.24. The van der Waals surface area contributed by atoms with Crippen LogP contribution in [-0.2, 0) is 0 Å². The quantitative estimate of drug-likeness (QED) is 0.452. The first-order valence-corrected chi connectivity index (χ1v) is 6.20. The Labute approximate surface area is 99.6 Å². The monoisotopic (exact) mass is 217 g/mol. The topological polar surface area (TPSA) is 12.0 Å². The molecule has 0 bridgehead atoms. The van der Waals surface area contributed by atoms with Crippen molar-refractivity contribution in [2.75, 3.05) is 6.54 Å². The minimum atomic E-state index is 1.06. The summed E-state index contributed by atoms with van der Waals surface area (Å²) in [4.78, 5) is 0. The molecule has 0 aromatic rings. The SMILES string of the molecule is C=CCCCCCCCNC1=CC(=C)C1=C. The van der Waals surface area contributed by atoms with E-state index in [1.165, 1.54) is 37.8 Å². The van der Waals surface area contributed by atoms with E-state index in [4.69, 9.17) is 0 Å². The van der Waals surface area contributed by atoms with Crippen LogP contribution in [0.5, 0.6) is 0 Å². The van der Waals surface area contributed by atoms with Crippen LogP contribution in [0.4, 0.5) is 0 Å². The smallest absolute Gasteiger partial charge is 0.0419 e. The van der Waals surface area contributed by atoms with Crippen molar-refractivity contribution < 1.29 is 0 Å². The second-order valence-corrected chi connectivity index (χ2v) is 4.33. The van der Waals surface area contributed by atoms with Crippen molar-refractivity contribution in [2.24, 2.45) is 0 Å². The van der Waals surface area contributed by atoms with Gasteiger partial charge in [-0.25, -0.2) is 0 Å².